The fourth-order valence-corrected chi connectivity index (χ4v) is 1.65. The monoisotopic (exact) mass is 234 g/mol. The van der Waals surface area contributed by atoms with Gasteiger partial charge in [0.1, 0.15) is 23.8 Å². The quantitative estimate of drug-likeness (QED) is 0.614. The lowest BCUT2D eigenvalue weighted by molar-refractivity contribution is 0.248. The fourth-order valence-electron chi connectivity index (χ4n) is 1.65. The number of rotatable bonds is 4. The highest BCUT2D eigenvalue weighted by molar-refractivity contribution is 5.98. The highest BCUT2D eigenvalue weighted by Crippen LogP contribution is 2.21. The number of aryl methyl sites for hydroxylation is 2. The minimum atomic E-state index is -0.0509. The van der Waals surface area contributed by atoms with Crippen molar-refractivity contribution in [3.05, 3.63) is 35.4 Å². The van der Waals surface area contributed by atoms with E-state index in [1.807, 2.05) is 6.07 Å². The number of nitrogens with two attached hydrogens (primary N) is 1. The second-order valence-electron chi connectivity index (χ2n) is 3.67. The third kappa shape index (κ3) is 2.15. The Bertz CT molecular complexity index is 528. The Morgan fingerprint density at radius 2 is 2.41 bits per heavy atom. The molecule has 0 fully saturated rings. The van der Waals surface area contributed by atoms with Gasteiger partial charge < -0.3 is 14.9 Å². The van der Waals surface area contributed by atoms with E-state index in [-0.39, 0.29) is 12.4 Å². The molecule has 6 heteroatoms. The number of ether oxygens (including phenoxy) is 1. The molecule has 6 nitrogen and oxygen atoms in total. The van der Waals surface area contributed by atoms with Crippen LogP contribution in [0.5, 0.6) is 5.88 Å². The molecule has 2 aromatic rings. The molecule has 0 saturated carbocycles. The fraction of sp³-hybridized carbons (Fsp3) is 0.273. The number of nitrogens with one attached hydrogen (secondary N) is 1. The van der Waals surface area contributed by atoms with Crippen LogP contribution < -0.4 is 10.5 Å². The van der Waals surface area contributed by atoms with Gasteiger partial charge in [-0.25, -0.2) is 4.68 Å². The van der Waals surface area contributed by atoms with Crippen LogP contribution in [0.4, 0.5) is 0 Å². The van der Waals surface area contributed by atoms with Crippen molar-refractivity contribution in [3.8, 4) is 5.88 Å². The number of nitrogen functional groups attached to an aromatic ring is 1. The molecule has 2 aromatic heterocycles. The third-order valence-electron chi connectivity index (χ3n) is 2.37. The van der Waals surface area contributed by atoms with Crippen LogP contribution in [0.25, 0.3) is 0 Å². The average Bonchev–Trinajstić information content (AvgIpc) is 2.83. The van der Waals surface area contributed by atoms with E-state index in [1.54, 1.807) is 31.0 Å². The van der Waals surface area contributed by atoms with Crippen LogP contribution in [0.2, 0.25) is 0 Å². The zero-order valence-corrected chi connectivity index (χ0v) is 9.73. The highest BCUT2D eigenvalue weighted by Gasteiger charge is 2.17. The van der Waals surface area contributed by atoms with Gasteiger partial charge in [-0.3, -0.25) is 5.41 Å². The molecule has 0 spiro atoms. The molecular weight excluding hydrogens is 220 g/mol. The van der Waals surface area contributed by atoms with Crippen molar-refractivity contribution in [1.29, 1.82) is 5.41 Å². The number of hydrogen-bond donors (Lipinski definition) is 2. The second-order valence-corrected chi connectivity index (χ2v) is 3.67. The summed E-state index contributed by atoms with van der Waals surface area (Å²) in [6, 6.07) is 3.61. The molecule has 0 unspecified atom stereocenters. The topological polar surface area (TPSA) is 90.1 Å². The standard InChI is InChI=1S/C11H14N4O2/c1-7-9(10(12)13)11(15(2)14-7)17-6-8-4-3-5-16-8/h3-5H,6H2,1-2H3,(H3,12,13). The predicted molar refractivity (Wildman–Crippen MR) is 62.0 cm³/mol. The van der Waals surface area contributed by atoms with E-state index in [9.17, 15) is 0 Å². The zero-order chi connectivity index (χ0) is 12.4. The van der Waals surface area contributed by atoms with E-state index in [2.05, 4.69) is 5.10 Å². The van der Waals surface area contributed by atoms with Crippen molar-refractivity contribution in [2.24, 2.45) is 12.8 Å². The van der Waals surface area contributed by atoms with Gasteiger partial charge in [0.25, 0.3) is 0 Å². The smallest absolute Gasteiger partial charge is 0.223 e. The maximum atomic E-state index is 7.50. The van der Waals surface area contributed by atoms with Crippen molar-refractivity contribution in [1.82, 2.24) is 9.78 Å². The van der Waals surface area contributed by atoms with E-state index in [0.717, 1.165) is 0 Å². The summed E-state index contributed by atoms with van der Waals surface area (Å²) in [6.07, 6.45) is 1.58. The highest BCUT2D eigenvalue weighted by atomic mass is 16.5. The Labute approximate surface area is 98.5 Å². The summed E-state index contributed by atoms with van der Waals surface area (Å²) < 4.78 is 12.3. The molecule has 3 N–H and O–H groups in total. The molecule has 0 bridgehead atoms. The lowest BCUT2D eigenvalue weighted by Gasteiger charge is -2.06. The normalized spacial score (nSPS) is 10.5. The first-order chi connectivity index (χ1) is 8.09. The minimum Gasteiger partial charge on any atom is -0.469 e. The maximum Gasteiger partial charge on any atom is 0.223 e. The van der Waals surface area contributed by atoms with Crippen LogP contribution in [0.1, 0.15) is 17.0 Å². The number of furan rings is 1. The van der Waals surface area contributed by atoms with Gasteiger partial charge in [0, 0.05) is 7.05 Å². The van der Waals surface area contributed by atoms with Gasteiger partial charge in [0.15, 0.2) is 0 Å². The molecule has 2 rings (SSSR count). The summed E-state index contributed by atoms with van der Waals surface area (Å²) >= 11 is 0. The Morgan fingerprint density at radius 1 is 1.65 bits per heavy atom. The molecule has 0 radical (unpaired) electrons. The average molecular weight is 234 g/mol. The molecule has 0 amide bonds. The second kappa shape index (κ2) is 4.32. The van der Waals surface area contributed by atoms with Crippen molar-refractivity contribution < 1.29 is 9.15 Å². The molecule has 90 valence electrons. The van der Waals surface area contributed by atoms with Crippen LogP contribution in [0, 0.1) is 12.3 Å². The van der Waals surface area contributed by atoms with E-state index in [1.165, 1.54) is 0 Å². The van der Waals surface area contributed by atoms with Crippen LogP contribution in [0.15, 0.2) is 22.8 Å². The van der Waals surface area contributed by atoms with E-state index in [4.69, 9.17) is 20.3 Å². The lowest BCUT2D eigenvalue weighted by Crippen LogP contribution is -2.14. The summed E-state index contributed by atoms with van der Waals surface area (Å²) in [5.41, 5.74) is 6.71. The van der Waals surface area contributed by atoms with Crippen LogP contribution in [-0.2, 0) is 13.7 Å². The largest absolute Gasteiger partial charge is 0.469 e. The summed E-state index contributed by atoms with van der Waals surface area (Å²) in [5.74, 6) is 1.13. The Kier molecular flexibility index (Phi) is 2.86. The summed E-state index contributed by atoms with van der Waals surface area (Å²) in [5, 5.41) is 11.7. The molecule has 0 aliphatic rings. The summed E-state index contributed by atoms with van der Waals surface area (Å²) in [4.78, 5) is 0. The molecule has 0 aliphatic heterocycles. The first-order valence-corrected chi connectivity index (χ1v) is 5.12. The molecule has 17 heavy (non-hydrogen) atoms. The SMILES string of the molecule is Cc1nn(C)c(OCc2ccco2)c1C(=N)N. The van der Waals surface area contributed by atoms with Crippen molar-refractivity contribution in [2.45, 2.75) is 13.5 Å². The van der Waals surface area contributed by atoms with E-state index >= 15 is 0 Å². The lowest BCUT2D eigenvalue weighted by atomic mass is 10.2. The van der Waals surface area contributed by atoms with Crippen molar-refractivity contribution in [2.75, 3.05) is 0 Å². The van der Waals surface area contributed by atoms with Crippen LogP contribution in [-0.4, -0.2) is 15.6 Å². The van der Waals surface area contributed by atoms with Crippen LogP contribution >= 0.6 is 0 Å². The third-order valence-corrected chi connectivity index (χ3v) is 2.37. The predicted octanol–water partition coefficient (Wildman–Crippen LogP) is 1.18. The molecule has 0 saturated heterocycles. The Hall–Kier alpha value is -2.24. The first-order valence-electron chi connectivity index (χ1n) is 5.12. The molecule has 2 heterocycles. The first kappa shape index (κ1) is 11.3. The molecule has 0 aromatic carbocycles. The minimum absolute atomic E-state index is 0.0509. The zero-order valence-electron chi connectivity index (χ0n) is 9.73. The maximum absolute atomic E-state index is 7.50. The Morgan fingerprint density at radius 3 is 3.00 bits per heavy atom. The van der Waals surface area contributed by atoms with E-state index < -0.39 is 0 Å². The van der Waals surface area contributed by atoms with Gasteiger partial charge in [-0.2, -0.15) is 5.10 Å². The van der Waals surface area contributed by atoms with Crippen molar-refractivity contribution in [3.63, 3.8) is 0 Å². The number of nitrogens with zero attached hydrogens (tertiary/aromatic N) is 2. The Balaban J connectivity index is 2.23. The molecular formula is C11H14N4O2. The van der Waals surface area contributed by atoms with E-state index in [0.29, 0.717) is 22.9 Å². The van der Waals surface area contributed by atoms with Gasteiger partial charge in [-0.05, 0) is 19.1 Å². The van der Waals surface area contributed by atoms with Gasteiger partial charge in [-0.15, -0.1) is 0 Å². The molecule has 0 aliphatic carbocycles. The van der Waals surface area contributed by atoms with Gasteiger partial charge in [0.05, 0.1) is 12.0 Å². The van der Waals surface area contributed by atoms with Gasteiger partial charge >= 0.3 is 0 Å². The van der Waals surface area contributed by atoms with Gasteiger partial charge in [0.2, 0.25) is 5.88 Å². The van der Waals surface area contributed by atoms with Crippen molar-refractivity contribution >= 4 is 5.84 Å². The number of aromatic nitrogens is 2. The number of hydrogen-bond acceptors (Lipinski definition) is 4. The van der Waals surface area contributed by atoms with Gasteiger partial charge in [-0.1, -0.05) is 0 Å². The van der Waals surface area contributed by atoms with Crippen LogP contribution in [0.3, 0.4) is 0 Å². The number of amidine groups is 1. The summed E-state index contributed by atoms with van der Waals surface area (Å²) in [6.45, 7) is 2.07. The summed E-state index contributed by atoms with van der Waals surface area (Å²) in [7, 11) is 1.75. The molecule has 0 atom stereocenters.